The maximum Gasteiger partial charge on any atom is 0.252 e. The van der Waals surface area contributed by atoms with E-state index >= 15 is 0 Å². The van der Waals surface area contributed by atoms with E-state index in [0.717, 1.165) is 26.1 Å². The van der Waals surface area contributed by atoms with Crippen LogP contribution in [0.25, 0.3) is 22.9 Å². The Morgan fingerprint density at radius 2 is 1.87 bits per heavy atom. The van der Waals surface area contributed by atoms with Crippen LogP contribution in [-0.4, -0.2) is 33.9 Å². The monoisotopic (exact) mass is 365 g/mol. The Balaban J connectivity index is 1.74. The van der Waals surface area contributed by atoms with Crippen LogP contribution >= 0.6 is 35.1 Å². The number of aromatic nitrogens is 3. The van der Waals surface area contributed by atoms with Gasteiger partial charge >= 0.3 is 0 Å². The number of fused-ring (bicyclic) bond motifs is 1. The summed E-state index contributed by atoms with van der Waals surface area (Å²) in [4.78, 5) is 0. The molecule has 1 aromatic carbocycles. The molecule has 1 aliphatic heterocycles. The number of nitrogens with zero attached hydrogens (tertiary/aromatic N) is 3. The van der Waals surface area contributed by atoms with Crippen molar-refractivity contribution in [3.63, 3.8) is 0 Å². The average Bonchev–Trinajstić information content (AvgIpc) is 3.31. The van der Waals surface area contributed by atoms with E-state index in [1.807, 2.05) is 30.7 Å². The molecule has 9 heteroatoms. The van der Waals surface area contributed by atoms with Crippen LogP contribution in [0.5, 0.6) is 11.5 Å². The predicted molar refractivity (Wildman–Crippen MR) is 90.5 cm³/mol. The molecule has 0 aliphatic carbocycles. The van der Waals surface area contributed by atoms with Gasteiger partial charge in [0.25, 0.3) is 5.89 Å². The molecule has 1 aliphatic rings. The molecule has 2 aromatic heterocycles. The number of ether oxygens (including phenoxy) is 2. The molecule has 0 atom stereocenters. The fourth-order valence-electron chi connectivity index (χ4n) is 2.19. The maximum atomic E-state index is 5.88. The van der Waals surface area contributed by atoms with Gasteiger partial charge < -0.3 is 13.9 Å². The van der Waals surface area contributed by atoms with E-state index in [1.54, 1.807) is 23.5 Å². The van der Waals surface area contributed by atoms with Crippen molar-refractivity contribution in [1.82, 2.24) is 14.6 Å². The van der Waals surface area contributed by atoms with Gasteiger partial charge in [-0.15, -0.1) is 33.7 Å². The van der Waals surface area contributed by atoms with Crippen molar-refractivity contribution >= 4 is 35.1 Å². The lowest BCUT2D eigenvalue weighted by atomic mass is 10.2. The summed E-state index contributed by atoms with van der Waals surface area (Å²) in [5.41, 5.74) is 1.71. The summed E-state index contributed by atoms with van der Waals surface area (Å²) in [6.07, 6.45) is 3.99. The third kappa shape index (κ3) is 2.58. The molecule has 0 fully saturated rings. The van der Waals surface area contributed by atoms with Crippen molar-refractivity contribution in [3.05, 3.63) is 18.2 Å². The van der Waals surface area contributed by atoms with Crippen LogP contribution in [0.1, 0.15) is 0 Å². The van der Waals surface area contributed by atoms with E-state index in [-0.39, 0.29) is 6.79 Å². The van der Waals surface area contributed by atoms with Gasteiger partial charge in [0.05, 0.1) is 9.77 Å². The van der Waals surface area contributed by atoms with Crippen LogP contribution in [-0.2, 0) is 0 Å². The summed E-state index contributed by atoms with van der Waals surface area (Å²) >= 11 is 4.64. The van der Waals surface area contributed by atoms with Gasteiger partial charge in [-0.25, -0.2) is 0 Å². The van der Waals surface area contributed by atoms with Gasteiger partial charge in [0, 0.05) is 5.56 Å². The summed E-state index contributed by atoms with van der Waals surface area (Å²) in [5.74, 6) is 2.35. The van der Waals surface area contributed by atoms with Gasteiger partial charge in [-0.05, 0) is 42.2 Å². The third-order valence-electron chi connectivity index (χ3n) is 3.27. The minimum Gasteiger partial charge on any atom is -0.454 e. The van der Waals surface area contributed by atoms with Crippen LogP contribution in [0, 0.1) is 0 Å². The Morgan fingerprint density at radius 1 is 1.04 bits per heavy atom. The van der Waals surface area contributed by atoms with Crippen molar-refractivity contribution in [2.75, 3.05) is 19.3 Å². The van der Waals surface area contributed by atoms with Crippen LogP contribution in [0.15, 0.2) is 31.9 Å². The van der Waals surface area contributed by atoms with Gasteiger partial charge in [0.15, 0.2) is 11.5 Å². The fraction of sp³-hybridized carbons (Fsp3) is 0.214. The first kappa shape index (κ1) is 14.9. The number of hydrogen-bond donors (Lipinski definition) is 0. The molecule has 0 spiro atoms. The highest BCUT2D eigenvalue weighted by molar-refractivity contribution is 8.01. The van der Waals surface area contributed by atoms with Gasteiger partial charge in [0.2, 0.25) is 12.7 Å². The van der Waals surface area contributed by atoms with Gasteiger partial charge in [-0.3, -0.25) is 0 Å². The molecule has 0 unspecified atom stereocenters. The second-order valence-electron chi connectivity index (χ2n) is 4.54. The van der Waals surface area contributed by atoms with Crippen LogP contribution < -0.4 is 9.47 Å². The minimum atomic E-state index is 0.239. The molecule has 0 bridgehead atoms. The molecule has 4 rings (SSSR count). The summed E-state index contributed by atoms with van der Waals surface area (Å²) in [6, 6.07) is 5.56. The number of thioether (sulfide) groups is 2. The zero-order valence-corrected chi connectivity index (χ0v) is 14.7. The summed E-state index contributed by atoms with van der Waals surface area (Å²) in [7, 11) is 0. The SMILES string of the molecule is CSc1nsc(SC)c1-c1nnc(-c2ccc3c(c2)OCO3)o1. The predicted octanol–water partition coefficient (Wildman–Crippen LogP) is 4.03. The van der Waals surface area contributed by atoms with E-state index in [2.05, 4.69) is 14.6 Å². The summed E-state index contributed by atoms with van der Waals surface area (Å²) in [5, 5.41) is 9.26. The topological polar surface area (TPSA) is 70.3 Å². The lowest BCUT2D eigenvalue weighted by Gasteiger charge is -1.99. The van der Waals surface area contributed by atoms with E-state index in [4.69, 9.17) is 13.9 Å². The molecule has 0 radical (unpaired) electrons. The minimum absolute atomic E-state index is 0.239. The zero-order valence-electron chi connectivity index (χ0n) is 12.2. The van der Waals surface area contributed by atoms with Crippen molar-refractivity contribution in [1.29, 1.82) is 0 Å². The largest absolute Gasteiger partial charge is 0.454 e. The number of benzene rings is 1. The number of hydrogen-bond acceptors (Lipinski definition) is 9. The Morgan fingerprint density at radius 3 is 2.70 bits per heavy atom. The molecule has 3 heterocycles. The molecule has 0 saturated heterocycles. The first-order valence-electron chi connectivity index (χ1n) is 6.61. The van der Waals surface area contributed by atoms with Crippen molar-refractivity contribution in [2.45, 2.75) is 9.24 Å². The Bertz CT molecular complexity index is 841. The first-order valence-corrected chi connectivity index (χ1v) is 9.84. The van der Waals surface area contributed by atoms with Gasteiger partial charge in [-0.2, -0.15) is 4.37 Å². The molecule has 3 aromatic rings. The van der Waals surface area contributed by atoms with E-state index in [9.17, 15) is 0 Å². The molecule has 118 valence electrons. The smallest absolute Gasteiger partial charge is 0.252 e. The highest BCUT2D eigenvalue weighted by Crippen LogP contribution is 2.41. The van der Waals surface area contributed by atoms with Crippen molar-refractivity contribution in [3.8, 4) is 34.4 Å². The van der Waals surface area contributed by atoms with Crippen LogP contribution in [0.4, 0.5) is 0 Å². The van der Waals surface area contributed by atoms with Crippen molar-refractivity contribution in [2.24, 2.45) is 0 Å². The second-order valence-corrected chi connectivity index (χ2v) is 7.18. The van der Waals surface area contributed by atoms with Crippen LogP contribution in [0.2, 0.25) is 0 Å². The third-order valence-corrected chi connectivity index (χ3v) is 6.01. The molecule has 6 nitrogen and oxygen atoms in total. The van der Waals surface area contributed by atoms with E-state index < -0.39 is 0 Å². The maximum absolute atomic E-state index is 5.88. The Kier molecular flexibility index (Phi) is 3.92. The van der Waals surface area contributed by atoms with Gasteiger partial charge in [0.1, 0.15) is 5.03 Å². The average molecular weight is 365 g/mol. The quantitative estimate of drug-likeness (QED) is 0.642. The molecular weight excluding hydrogens is 354 g/mol. The Hall–Kier alpha value is -1.71. The van der Waals surface area contributed by atoms with Gasteiger partial charge in [-0.1, -0.05) is 0 Å². The first-order chi connectivity index (χ1) is 11.3. The molecule has 0 N–H and O–H groups in total. The molecule has 0 saturated carbocycles. The highest BCUT2D eigenvalue weighted by Gasteiger charge is 2.22. The molecule has 0 amide bonds. The lowest BCUT2D eigenvalue weighted by molar-refractivity contribution is 0.174. The molecule has 23 heavy (non-hydrogen) atoms. The zero-order chi connectivity index (χ0) is 15.8. The second kappa shape index (κ2) is 6.06. The van der Waals surface area contributed by atoms with Crippen molar-refractivity contribution < 1.29 is 13.9 Å². The molecular formula is C14H11N3O3S3. The highest BCUT2D eigenvalue weighted by atomic mass is 32.2. The summed E-state index contributed by atoms with van der Waals surface area (Å²) in [6.45, 7) is 0.239. The normalized spacial score (nSPS) is 12.8. The van der Waals surface area contributed by atoms with E-state index in [1.165, 1.54) is 11.5 Å². The Labute approximate surface area is 144 Å². The lowest BCUT2D eigenvalue weighted by Crippen LogP contribution is -1.92. The standard InChI is InChI=1S/C14H11N3O3S3/c1-21-13-10(14(22-2)23-17-13)12-16-15-11(20-12)7-3-4-8-9(5-7)19-6-18-8/h3-5H,6H2,1-2H3. The fourth-order valence-corrected chi connectivity index (χ4v) is 4.45. The number of rotatable bonds is 4. The van der Waals surface area contributed by atoms with Crippen LogP contribution in [0.3, 0.4) is 0 Å². The van der Waals surface area contributed by atoms with E-state index in [0.29, 0.717) is 17.5 Å². The summed E-state index contributed by atoms with van der Waals surface area (Å²) < 4.78 is 22.1.